The van der Waals surface area contributed by atoms with Gasteiger partial charge in [0.05, 0.1) is 17.9 Å². The molecule has 0 aromatic carbocycles. The summed E-state index contributed by atoms with van der Waals surface area (Å²) in [6.45, 7) is 4.50. The van der Waals surface area contributed by atoms with Crippen LogP contribution in [0.5, 0.6) is 5.75 Å². The van der Waals surface area contributed by atoms with Gasteiger partial charge in [-0.1, -0.05) is 19.8 Å². The van der Waals surface area contributed by atoms with Crippen molar-refractivity contribution in [3.05, 3.63) is 23.5 Å². The van der Waals surface area contributed by atoms with E-state index in [0.29, 0.717) is 23.6 Å². The number of unbranched alkanes of at least 4 members (excludes halogenated alkanes) is 2. The van der Waals surface area contributed by atoms with Gasteiger partial charge < -0.3 is 14.9 Å². The lowest BCUT2D eigenvalue weighted by atomic mass is 10.2. The van der Waals surface area contributed by atoms with Crippen LogP contribution in [0.4, 0.5) is 0 Å². The highest BCUT2D eigenvalue weighted by atomic mass is 16.5. The number of hydrogen-bond donors (Lipinski definition) is 2. The van der Waals surface area contributed by atoms with Gasteiger partial charge in [0.25, 0.3) is 0 Å². The third kappa shape index (κ3) is 3.47. The summed E-state index contributed by atoms with van der Waals surface area (Å²) in [7, 11) is 0. The Morgan fingerprint density at radius 1 is 1.38 bits per heavy atom. The van der Waals surface area contributed by atoms with Crippen LogP contribution in [0.3, 0.4) is 0 Å². The van der Waals surface area contributed by atoms with Crippen molar-refractivity contribution in [3.63, 3.8) is 0 Å². The van der Waals surface area contributed by atoms with Gasteiger partial charge in [-0.25, -0.2) is 0 Å². The molecule has 0 amide bonds. The van der Waals surface area contributed by atoms with E-state index in [1.54, 1.807) is 19.2 Å². The Bertz CT molecular complexity index is 326. The minimum absolute atomic E-state index is 0.379. The minimum Gasteiger partial charge on any atom is -0.491 e. The lowest BCUT2D eigenvalue weighted by Crippen LogP contribution is -2.06. The van der Waals surface area contributed by atoms with Crippen molar-refractivity contribution in [1.82, 2.24) is 4.98 Å². The zero-order valence-electron chi connectivity index (χ0n) is 9.81. The van der Waals surface area contributed by atoms with E-state index in [0.717, 1.165) is 19.3 Å². The van der Waals surface area contributed by atoms with Crippen molar-refractivity contribution < 1.29 is 14.9 Å². The minimum atomic E-state index is -1.51. The first-order valence-electron chi connectivity index (χ1n) is 5.61. The summed E-state index contributed by atoms with van der Waals surface area (Å²) in [6, 6.07) is 1.56. The van der Waals surface area contributed by atoms with Crippen LogP contribution in [0, 0.1) is 6.92 Å². The molecule has 4 heteroatoms. The van der Waals surface area contributed by atoms with E-state index >= 15 is 0 Å². The van der Waals surface area contributed by atoms with Crippen molar-refractivity contribution >= 4 is 0 Å². The van der Waals surface area contributed by atoms with Gasteiger partial charge >= 0.3 is 0 Å². The van der Waals surface area contributed by atoms with E-state index in [9.17, 15) is 10.2 Å². The number of hydrogen-bond acceptors (Lipinski definition) is 4. The molecule has 0 bridgehead atoms. The lowest BCUT2D eigenvalue weighted by molar-refractivity contribution is -0.0443. The first-order chi connectivity index (χ1) is 7.66. The number of aryl methyl sites for hydroxylation is 1. The summed E-state index contributed by atoms with van der Waals surface area (Å²) in [4.78, 5) is 4.07. The summed E-state index contributed by atoms with van der Waals surface area (Å²) < 4.78 is 5.55. The maximum absolute atomic E-state index is 9.18. The van der Waals surface area contributed by atoms with Crippen LogP contribution in [0.1, 0.15) is 43.7 Å². The highest BCUT2D eigenvalue weighted by Gasteiger charge is 2.13. The van der Waals surface area contributed by atoms with Crippen molar-refractivity contribution in [3.8, 4) is 5.75 Å². The number of aliphatic hydroxyl groups is 2. The standard InChI is InChI=1S/C12H19NO3/c1-3-4-5-8-16-11-9(2)13-7-6-10(11)12(14)15/h6-7,12,14-15H,3-5,8H2,1-2H3. The van der Waals surface area contributed by atoms with Crippen LogP contribution in [0.2, 0.25) is 0 Å². The number of ether oxygens (including phenoxy) is 1. The van der Waals surface area contributed by atoms with Crippen LogP contribution < -0.4 is 4.74 Å². The molecule has 1 heterocycles. The molecule has 0 aliphatic carbocycles. The van der Waals surface area contributed by atoms with Crippen LogP contribution in [0.15, 0.2) is 12.3 Å². The second-order valence-corrected chi connectivity index (χ2v) is 3.74. The van der Waals surface area contributed by atoms with Gasteiger partial charge in [0.15, 0.2) is 6.29 Å². The predicted molar refractivity (Wildman–Crippen MR) is 61.2 cm³/mol. The predicted octanol–water partition coefficient (Wildman–Crippen LogP) is 1.94. The third-order valence-corrected chi connectivity index (χ3v) is 2.39. The van der Waals surface area contributed by atoms with E-state index in [1.807, 2.05) is 0 Å². The van der Waals surface area contributed by atoms with Gasteiger partial charge in [0.2, 0.25) is 0 Å². The van der Waals surface area contributed by atoms with E-state index in [1.165, 1.54) is 0 Å². The zero-order valence-corrected chi connectivity index (χ0v) is 9.81. The smallest absolute Gasteiger partial charge is 0.182 e. The lowest BCUT2D eigenvalue weighted by Gasteiger charge is -2.14. The molecule has 0 fully saturated rings. The van der Waals surface area contributed by atoms with Crippen LogP contribution in [-0.2, 0) is 0 Å². The molecule has 90 valence electrons. The van der Waals surface area contributed by atoms with E-state index < -0.39 is 6.29 Å². The van der Waals surface area contributed by atoms with E-state index in [-0.39, 0.29) is 0 Å². The van der Waals surface area contributed by atoms with Crippen molar-refractivity contribution in [2.45, 2.75) is 39.4 Å². The monoisotopic (exact) mass is 225 g/mol. The quantitative estimate of drug-likeness (QED) is 0.573. The van der Waals surface area contributed by atoms with Gasteiger partial charge in [0, 0.05) is 6.20 Å². The summed E-state index contributed by atoms with van der Waals surface area (Å²) >= 11 is 0. The summed E-state index contributed by atoms with van der Waals surface area (Å²) in [6.07, 6.45) is 3.23. The first-order valence-corrected chi connectivity index (χ1v) is 5.61. The molecule has 0 aliphatic rings. The SMILES string of the molecule is CCCCCOc1c(C(O)O)ccnc1C. The fourth-order valence-electron chi connectivity index (χ4n) is 1.49. The van der Waals surface area contributed by atoms with Gasteiger partial charge in [0.1, 0.15) is 5.75 Å². The molecule has 1 rings (SSSR count). The largest absolute Gasteiger partial charge is 0.491 e. The molecular formula is C12H19NO3. The molecule has 4 nitrogen and oxygen atoms in total. The average molecular weight is 225 g/mol. The number of rotatable bonds is 6. The van der Waals surface area contributed by atoms with Gasteiger partial charge in [-0.05, 0) is 19.4 Å². The highest BCUT2D eigenvalue weighted by Crippen LogP contribution is 2.26. The van der Waals surface area contributed by atoms with Crippen molar-refractivity contribution in [2.24, 2.45) is 0 Å². The fourth-order valence-corrected chi connectivity index (χ4v) is 1.49. The molecule has 0 spiro atoms. The zero-order chi connectivity index (χ0) is 12.0. The Hall–Kier alpha value is -1.13. The number of aliphatic hydroxyl groups excluding tert-OH is 1. The number of pyridine rings is 1. The second-order valence-electron chi connectivity index (χ2n) is 3.74. The van der Waals surface area contributed by atoms with Crippen molar-refractivity contribution in [1.29, 1.82) is 0 Å². The molecule has 0 unspecified atom stereocenters. The summed E-state index contributed by atoms with van der Waals surface area (Å²) in [5.41, 5.74) is 1.06. The normalized spacial score (nSPS) is 10.8. The van der Waals surface area contributed by atoms with Crippen molar-refractivity contribution in [2.75, 3.05) is 6.61 Å². The first kappa shape index (κ1) is 12.9. The van der Waals surface area contributed by atoms with Crippen LogP contribution >= 0.6 is 0 Å². The number of nitrogens with zero attached hydrogens (tertiary/aromatic N) is 1. The molecule has 0 radical (unpaired) electrons. The second kappa shape index (κ2) is 6.45. The Labute approximate surface area is 95.9 Å². The Morgan fingerprint density at radius 3 is 2.75 bits per heavy atom. The topological polar surface area (TPSA) is 62.6 Å². The molecule has 0 aliphatic heterocycles. The number of aromatic nitrogens is 1. The Balaban J connectivity index is 2.69. The molecule has 0 saturated heterocycles. The fraction of sp³-hybridized carbons (Fsp3) is 0.583. The molecule has 0 atom stereocenters. The average Bonchev–Trinajstić information content (AvgIpc) is 2.25. The van der Waals surface area contributed by atoms with E-state index in [2.05, 4.69) is 11.9 Å². The van der Waals surface area contributed by atoms with Gasteiger partial charge in [-0.15, -0.1) is 0 Å². The Kier molecular flexibility index (Phi) is 5.22. The highest BCUT2D eigenvalue weighted by molar-refractivity contribution is 5.36. The molecule has 0 saturated carbocycles. The maximum atomic E-state index is 9.18. The van der Waals surface area contributed by atoms with E-state index in [4.69, 9.17) is 4.74 Å². The molecule has 2 N–H and O–H groups in total. The molecule has 16 heavy (non-hydrogen) atoms. The molecule has 1 aromatic rings. The molecular weight excluding hydrogens is 206 g/mol. The van der Waals surface area contributed by atoms with Crippen LogP contribution in [-0.4, -0.2) is 21.8 Å². The van der Waals surface area contributed by atoms with Crippen LogP contribution in [0.25, 0.3) is 0 Å². The third-order valence-electron chi connectivity index (χ3n) is 2.39. The summed E-state index contributed by atoms with van der Waals surface area (Å²) in [5.74, 6) is 0.494. The van der Waals surface area contributed by atoms with Gasteiger partial charge in [-0.3, -0.25) is 4.98 Å². The summed E-state index contributed by atoms with van der Waals surface area (Å²) in [5, 5.41) is 18.4. The molecule has 1 aromatic heterocycles. The Morgan fingerprint density at radius 2 is 2.12 bits per heavy atom. The van der Waals surface area contributed by atoms with Gasteiger partial charge in [-0.2, -0.15) is 0 Å². The maximum Gasteiger partial charge on any atom is 0.182 e.